The zero-order valence-corrected chi connectivity index (χ0v) is 17.1. The van der Waals surface area contributed by atoms with Crippen molar-refractivity contribution in [3.8, 4) is 11.5 Å². The number of rotatable bonds is 9. The molecular weight excluding hydrogens is 356 g/mol. The van der Waals surface area contributed by atoms with Gasteiger partial charge >= 0.3 is 0 Å². The predicted octanol–water partition coefficient (Wildman–Crippen LogP) is 2.31. The minimum Gasteiger partial charge on any atom is -0.493 e. The average molecular weight is 393 g/mol. The Morgan fingerprint density at radius 1 is 1.11 bits per heavy atom. The number of benzene rings is 1. The third-order valence-corrected chi connectivity index (χ3v) is 5.87. The van der Waals surface area contributed by atoms with Gasteiger partial charge in [0.2, 0.25) is 0 Å². The minimum absolute atomic E-state index is 0.129. The molecule has 1 aromatic carbocycles. The number of hydrogen-bond acceptors (Lipinski definition) is 6. The maximum atomic E-state index is 10.4. The number of aliphatic hydroxyl groups is 2. The van der Waals surface area contributed by atoms with Crippen molar-refractivity contribution < 1.29 is 19.7 Å². The predicted molar refractivity (Wildman–Crippen MR) is 110 cm³/mol. The zero-order chi connectivity index (χ0) is 19.8. The summed E-state index contributed by atoms with van der Waals surface area (Å²) in [6.07, 6.45) is 6.89. The van der Waals surface area contributed by atoms with Crippen LogP contribution in [-0.2, 0) is 6.54 Å². The van der Waals surface area contributed by atoms with Crippen LogP contribution >= 0.6 is 0 Å². The Hall–Kier alpha value is -1.34. The molecule has 1 saturated carbocycles. The Kier molecular flexibility index (Phi) is 8.40. The fraction of sp³-hybridized carbons (Fsp3) is 0.727. The fourth-order valence-corrected chi connectivity index (χ4v) is 4.16. The summed E-state index contributed by atoms with van der Waals surface area (Å²) < 4.78 is 11.3. The number of nitrogens with zero attached hydrogens (tertiary/aromatic N) is 1. The first-order valence-corrected chi connectivity index (χ1v) is 10.8. The van der Waals surface area contributed by atoms with Gasteiger partial charge in [-0.25, -0.2) is 0 Å². The van der Waals surface area contributed by atoms with E-state index in [1.54, 1.807) is 7.11 Å². The van der Waals surface area contributed by atoms with Gasteiger partial charge in [0.05, 0.1) is 13.2 Å². The minimum atomic E-state index is -0.502. The summed E-state index contributed by atoms with van der Waals surface area (Å²) >= 11 is 0. The molecule has 2 aliphatic rings. The number of nitrogens with one attached hydrogen (secondary N) is 1. The van der Waals surface area contributed by atoms with Gasteiger partial charge in [0, 0.05) is 19.1 Å². The SMILES string of the molecule is COc1ccc(CNC2CCC(O)CC2)cc1OC[C@H](O)CN1CCCCC1. The van der Waals surface area contributed by atoms with Crippen LogP contribution in [0, 0.1) is 0 Å². The Morgan fingerprint density at radius 2 is 1.86 bits per heavy atom. The van der Waals surface area contributed by atoms with Gasteiger partial charge < -0.3 is 29.9 Å². The molecule has 6 nitrogen and oxygen atoms in total. The lowest BCUT2D eigenvalue weighted by Crippen LogP contribution is -2.38. The number of aliphatic hydroxyl groups excluding tert-OH is 2. The molecule has 3 rings (SSSR count). The lowest BCUT2D eigenvalue weighted by molar-refractivity contribution is 0.0608. The van der Waals surface area contributed by atoms with Crippen molar-refractivity contribution in [1.29, 1.82) is 0 Å². The van der Waals surface area contributed by atoms with Crippen LogP contribution < -0.4 is 14.8 Å². The topological polar surface area (TPSA) is 74.2 Å². The van der Waals surface area contributed by atoms with Crippen molar-refractivity contribution in [3.63, 3.8) is 0 Å². The maximum Gasteiger partial charge on any atom is 0.161 e. The molecule has 0 amide bonds. The summed E-state index contributed by atoms with van der Waals surface area (Å²) in [5.41, 5.74) is 1.13. The van der Waals surface area contributed by atoms with E-state index < -0.39 is 6.10 Å². The number of piperidine rings is 1. The summed E-state index contributed by atoms with van der Waals surface area (Å²) in [6, 6.07) is 6.42. The van der Waals surface area contributed by atoms with E-state index >= 15 is 0 Å². The van der Waals surface area contributed by atoms with Crippen LogP contribution in [0.1, 0.15) is 50.5 Å². The summed E-state index contributed by atoms with van der Waals surface area (Å²) in [5.74, 6) is 1.37. The molecule has 3 N–H and O–H groups in total. The molecule has 28 heavy (non-hydrogen) atoms. The molecule has 0 radical (unpaired) electrons. The molecular formula is C22H36N2O4. The summed E-state index contributed by atoms with van der Waals surface area (Å²) in [4.78, 5) is 2.32. The molecule has 1 aliphatic heterocycles. The second kappa shape index (κ2) is 11.0. The Labute approximate surface area is 168 Å². The summed E-state index contributed by atoms with van der Waals surface area (Å²) in [5, 5.41) is 23.6. The standard InChI is InChI=1S/C22H36N2O4/c1-27-21-10-5-17(14-23-18-6-8-19(25)9-7-18)13-22(21)28-16-20(26)15-24-11-3-2-4-12-24/h5,10,13,18-20,23,25-26H,2-4,6-9,11-12,14-16H2,1H3/t18?,19?,20-/m1/s1. The maximum absolute atomic E-state index is 10.4. The van der Waals surface area contributed by atoms with Crippen LogP contribution in [0.2, 0.25) is 0 Å². The first-order chi connectivity index (χ1) is 13.6. The molecule has 6 heteroatoms. The van der Waals surface area contributed by atoms with E-state index in [2.05, 4.69) is 10.2 Å². The van der Waals surface area contributed by atoms with Crippen LogP contribution in [0.25, 0.3) is 0 Å². The van der Waals surface area contributed by atoms with Crippen LogP contribution in [0.4, 0.5) is 0 Å². The van der Waals surface area contributed by atoms with Gasteiger partial charge in [-0.2, -0.15) is 0 Å². The van der Waals surface area contributed by atoms with E-state index in [1.807, 2.05) is 18.2 Å². The lowest BCUT2D eigenvalue weighted by Gasteiger charge is -2.28. The number of methoxy groups -OCH3 is 1. The molecule has 1 heterocycles. The average Bonchev–Trinajstić information content (AvgIpc) is 2.72. The van der Waals surface area contributed by atoms with E-state index in [0.29, 0.717) is 24.1 Å². The molecule has 1 aliphatic carbocycles. The van der Waals surface area contributed by atoms with Crippen molar-refractivity contribution >= 4 is 0 Å². The second-order valence-corrected chi connectivity index (χ2v) is 8.20. The molecule has 0 spiro atoms. The van der Waals surface area contributed by atoms with Gasteiger partial charge in [-0.3, -0.25) is 0 Å². The van der Waals surface area contributed by atoms with Gasteiger partial charge in [0.1, 0.15) is 12.7 Å². The monoisotopic (exact) mass is 392 g/mol. The van der Waals surface area contributed by atoms with E-state index in [-0.39, 0.29) is 12.7 Å². The van der Waals surface area contributed by atoms with E-state index in [0.717, 1.165) is 50.9 Å². The highest BCUT2D eigenvalue weighted by Crippen LogP contribution is 2.28. The molecule has 158 valence electrons. The molecule has 1 aromatic rings. The quantitative estimate of drug-likeness (QED) is 0.599. The van der Waals surface area contributed by atoms with Crippen molar-refractivity contribution in [2.24, 2.45) is 0 Å². The van der Waals surface area contributed by atoms with E-state index in [9.17, 15) is 10.2 Å². The highest BCUT2D eigenvalue weighted by atomic mass is 16.5. The Balaban J connectivity index is 1.49. The largest absolute Gasteiger partial charge is 0.493 e. The fourth-order valence-electron chi connectivity index (χ4n) is 4.16. The van der Waals surface area contributed by atoms with Crippen LogP contribution in [0.3, 0.4) is 0 Å². The van der Waals surface area contributed by atoms with Gasteiger partial charge in [-0.1, -0.05) is 12.5 Å². The van der Waals surface area contributed by atoms with Crippen molar-refractivity contribution in [2.75, 3.05) is 33.4 Å². The summed E-state index contributed by atoms with van der Waals surface area (Å²) in [6.45, 7) is 3.83. The van der Waals surface area contributed by atoms with Crippen molar-refractivity contribution in [1.82, 2.24) is 10.2 Å². The number of β-amino-alcohol motifs (C(OH)–C–C–N with tert-alkyl or cyclic N) is 1. The first kappa shape index (κ1) is 21.4. The molecule has 1 atom stereocenters. The number of likely N-dealkylation sites (tertiary alicyclic amines) is 1. The lowest BCUT2D eigenvalue weighted by atomic mass is 9.93. The first-order valence-electron chi connectivity index (χ1n) is 10.8. The van der Waals surface area contributed by atoms with Gasteiger partial charge in [-0.05, 0) is 69.3 Å². The van der Waals surface area contributed by atoms with E-state index in [1.165, 1.54) is 19.3 Å². The van der Waals surface area contributed by atoms with Gasteiger partial charge in [-0.15, -0.1) is 0 Å². The molecule has 0 unspecified atom stereocenters. The number of ether oxygens (including phenoxy) is 2. The highest BCUT2D eigenvalue weighted by molar-refractivity contribution is 5.43. The third kappa shape index (κ3) is 6.62. The van der Waals surface area contributed by atoms with Crippen molar-refractivity contribution in [3.05, 3.63) is 23.8 Å². The molecule has 1 saturated heterocycles. The van der Waals surface area contributed by atoms with Gasteiger partial charge in [0.25, 0.3) is 0 Å². The second-order valence-electron chi connectivity index (χ2n) is 8.20. The third-order valence-electron chi connectivity index (χ3n) is 5.87. The Morgan fingerprint density at radius 3 is 2.57 bits per heavy atom. The smallest absolute Gasteiger partial charge is 0.161 e. The van der Waals surface area contributed by atoms with E-state index in [4.69, 9.17) is 9.47 Å². The zero-order valence-electron chi connectivity index (χ0n) is 17.1. The van der Waals surface area contributed by atoms with Crippen molar-refractivity contribution in [2.45, 2.75) is 69.7 Å². The van der Waals surface area contributed by atoms with Crippen LogP contribution in [0.15, 0.2) is 18.2 Å². The molecule has 2 fully saturated rings. The van der Waals surface area contributed by atoms with Crippen LogP contribution in [-0.4, -0.2) is 66.7 Å². The normalized spacial score (nSPS) is 24.7. The van der Waals surface area contributed by atoms with Crippen LogP contribution in [0.5, 0.6) is 11.5 Å². The summed E-state index contributed by atoms with van der Waals surface area (Å²) in [7, 11) is 1.64. The number of hydrogen-bond donors (Lipinski definition) is 3. The molecule has 0 bridgehead atoms. The van der Waals surface area contributed by atoms with Gasteiger partial charge in [0.15, 0.2) is 11.5 Å². The molecule has 0 aromatic heterocycles. The highest BCUT2D eigenvalue weighted by Gasteiger charge is 2.19. The Bertz CT molecular complexity index is 584.